The summed E-state index contributed by atoms with van der Waals surface area (Å²) in [5.74, 6) is 0. The number of amides is 1. The Bertz CT molecular complexity index is 597. The highest BCUT2D eigenvalue weighted by Gasteiger charge is 2.36. The predicted octanol–water partition coefficient (Wildman–Crippen LogP) is 3.81. The first-order valence-electron chi connectivity index (χ1n) is 7.29. The van der Waals surface area contributed by atoms with Crippen molar-refractivity contribution in [1.82, 2.24) is 4.90 Å². The van der Waals surface area contributed by atoms with Gasteiger partial charge in [0.05, 0.1) is 12.1 Å². The zero-order chi connectivity index (χ0) is 14.7. The molecule has 3 heteroatoms. The van der Waals surface area contributed by atoms with Gasteiger partial charge >= 0.3 is 6.09 Å². The van der Waals surface area contributed by atoms with Gasteiger partial charge < -0.3 is 4.74 Å². The molecule has 3 rings (SSSR count). The molecule has 1 amide bonds. The number of carbonyl (C=O) groups excluding carboxylic acids is 1. The Labute approximate surface area is 125 Å². The van der Waals surface area contributed by atoms with Crippen LogP contribution < -0.4 is 0 Å². The number of hydrogen-bond donors (Lipinski definition) is 0. The normalized spacial score (nSPS) is 19.4. The fourth-order valence-corrected chi connectivity index (χ4v) is 2.88. The van der Waals surface area contributed by atoms with Crippen LogP contribution in [0, 0.1) is 0 Å². The predicted molar refractivity (Wildman–Crippen MR) is 82.0 cm³/mol. The molecule has 2 aromatic rings. The first-order valence-corrected chi connectivity index (χ1v) is 7.29. The van der Waals surface area contributed by atoms with E-state index in [1.54, 1.807) is 0 Å². The number of nitrogens with zero attached hydrogens (tertiary/aromatic N) is 1. The molecule has 3 nitrogen and oxygen atoms in total. The van der Waals surface area contributed by atoms with Crippen molar-refractivity contribution in [3.05, 3.63) is 71.8 Å². The molecular formula is C18H19NO2. The van der Waals surface area contributed by atoms with Crippen LogP contribution in [0.3, 0.4) is 0 Å². The van der Waals surface area contributed by atoms with Gasteiger partial charge in [-0.2, -0.15) is 0 Å². The molecule has 0 aliphatic carbocycles. The van der Waals surface area contributed by atoms with Gasteiger partial charge in [-0.25, -0.2) is 4.79 Å². The van der Waals surface area contributed by atoms with Crippen LogP contribution in [0.2, 0.25) is 0 Å². The minimum absolute atomic E-state index is 0.0231. The minimum atomic E-state index is -0.215. The van der Waals surface area contributed by atoms with E-state index in [0.29, 0.717) is 6.61 Å². The van der Waals surface area contributed by atoms with Gasteiger partial charge in [0.2, 0.25) is 0 Å². The largest absolute Gasteiger partial charge is 0.447 e. The number of rotatable bonds is 4. The minimum Gasteiger partial charge on any atom is -0.447 e. The highest BCUT2D eigenvalue weighted by molar-refractivity contribution is 5.71. The third-order valence-corrected chi connectivity index (χ3v) is 4.02. The second kappa shape index (κ2) is 6.00. The number of benzene rings is 2. The summed E-state index contributed by atoms with van der Waals surface area (Å²) in [5.41, 5.74) is 2.36. The third-order valence-electron chi connectivity index (χ3n) is 4.02. The van der Waals surface area contributed by atoms with Crippen molar-refractivity contribution in [1.29, 1.82) is 0 Å². The summed E-state index contributed by atoms with van der Waals surface area (Å²) in [5, 5.41) is 0. The van der Waals surface area contributed by atoms with Crippen LogP contribution in [0.15, 0.2) is 60.7 Å². The summed E-state index contributed by atoms with van der Waals surface area (Å²) in [6, 6.07) is 20.4. The first kappa shape index (κ1) is 13.7. The van der Waals surface area contributed by atoms with Gasteiger partial charge in [0.15, 0.2) is 0 Å². The summed E-state index contributed by atoms with van der Waals surface area (Å²) in [6.07, 6.45) is 0.608. The van der Waals surface area contributed by atoms with E-state index in [4.69, 9.17) is 4.74 Å². The van der Waals surface area contributed by atoms with Crippen LogP contribution in [0.25, 0.3) is 0 Å². The standard InChI is InChI=1S/C18H19NO2/c1-14(16-10-6-3-7-11-16)19-17(13-21-18(19)20)12-15-8-4-2-5-9-15/h2-11,14,17H,12-13H2,1H3. The van der Waals surface area contributed by atoms with Gasteiger partial charge in [-0.3, -0.25) is 4.90 Å². The summed E-state index contributed by atoms with van der Waals surface area (Å²) in [7, 11) is 0. The number of hydrogen-bond acceptors (Lipinski definition) is 2. The highest BCUT2D eigenvalue weighted by atomic mass is 16.6. The van der Waals surface area contributed by atoms with Crippen LogP contribution in [0.1, 0.15) is 24.1 Å². The van der Waals surface area contributed by atoms with Gasteiger partial charge in [-0.1, -0.05) is 60.7 Å². The van der Waals surface area contributed by atoms with E-state index in [-0.39, 0.29) is 18.2 Å². The Hall–Kier alpha value is -2.29. The first-order chi connectivity index (χ1) is 10.3. The Morgan fingerprint density at radius 3 is 2.38 bits per heavy atom. The Balaban J connectivity index is 1.80. The molecule has 0 spiro atoms. The molecule has 0 N–H and O–H groups in total. The van der Waals surface area contributed by atoms with E-state index >= 15 is 0 Å². The average Bonchev–Trinajstić information content (AvgIpc) is 2.89. The molecular weight excluding hydrogens is 262 g/mol. The van der Waals surface area contributed by atoms with Crippen LogP contribution in [0.5, 0.6) is 0 Å². The lowest BCUT2D eigenvalue weighted by Crippen LogP contribution is -2.37. The van der Waals surface area contributed by atoms with Crippen LogP contribution >= 0.6 is 0 Å². The van der Waals surface area contributed by atoms with E-state index in [2.05, 4.69) is 31.2 Å². The number of cyclic esters (lactones) is 1. The quantitative estimate of drug-likeness (QED) is 0.853. The van der Waals surface area contributed by atoms with Crippen molar-refractivity contribution in [2.75, 3.05) is 6.61 Å². The molecule has 108 valence electrons. The summed E-state index contributed by atoms with van der Waals surface area (Å²) in [6.45, 7) is 2.52. The van der Waals surface area contributed by atoms with Gasteiger partial charge in [-0.05, 0) is 24.5 Å². The van der Waals surface area contributed by atoms with Crippen molar-refractivity contribution in [3.8, 4) is 0 Å². The van der Waals surface area contributed by atoms with E-state index in [1.165, 1.54) is 5.56 Å². The lowest BCUT2D eigenvalue weighted by molar-refractivity contribution is 0.147. The second-order valence-electron chi connectivity index (χ2n) is 5.41. The van der Waals surface area contributed by atoms with E-state index in [9.17, 15) is 4.79 Å². The van der Waals surface area contributed by atoms with Crippen molar-refractivity contribution in [2.24, 2.45) is 0 Å². The molecule has 1 heterocycles. The molecule has 2 unspecified atom stereocenters. The van der Waals surface area contributed by atoms with Crippen molar-refractivity contribution < 1.29 is 9.53 Å². The highest BCUT2D eigenvalue weighted by Crippen LogP contribution is 2.28. The Morgan fingerprint density at radius 1 is 1.10 bits per heavy atom. The molecule has 21 heavy (non-hydrogen) atoms. The molecule has 0 saturated carbocycles. The molecule has 0 bridgehead atoms. The summed E-state index contributed by atoms with van der Waals surface area (Å²) < 4.78 is 5.28. The van der Waals surface area contributed by atoms with Crippen LogP contribution in [-0.2, 0) is 11.2 Å². The van der Waals surface area contributed by atoms with Crippen molar-refractivity contribution in [3.63, 3.8) is 0 Å². The van der Waals surface area contributed by atoms with E-state index in [1.807, 2.05) is 41.3 Å². The van der Waals surface area contributed by atoms with Gasteiger partial charge in [0, 0.05) is 0 Å². The molecule has 0 aromatic heterocycles. The van der Waals surface area contributed by atoms with Crippen molar-refractivity contribution in [2.45, 2.75) is 25.4 Å². The second-order valence-corrected chi connectivity index (χ2v) is 5.41. The van der Waals surface area contributed by atoms with Crippen LogP contribution in [0.4, 0.5) is 4.79 Å². The van der Waals surface area contributed by atoms with Gasteiger partial charge in [0.1, 0.15) is 6.61 Å². The SMILES string of the molecule is CC(c1ccccc1)N1C(=O)OCC1Cc1ccccc1. The Morgan fingerprint density at radius 2 is 1.71 bits per heavy atom. The maximum absolute atomic E-state index is 12.1. The van der Waals surface area contributed by atoms with Gasteiger partial charge in [-0.15, -0.1) is 0 Å². The zero-order valence-corrected chi connectivity index (χ0v) is 12.1. The van der Waals surface area contributed by atoms with Crippen LogP contribution in [-0.4, -0.2) is 23.6 Å². The molecule has 1 fully saturated rings. The molecule has 0 radical (unpaired) electrons. The molecule has 2 aromatic carbocycles. The maximum Gasteiger partial charge on any atom is 0.410 e. The number of ether oxygens (including phenoxy) is 1. The number of carbonyl (C=O) groups is 1. The topological polar surface area (TPSA) is 29.5 Å². The lowest BCUT2D eigenvalue weighted by Gasteiger charge is -2.28. The average molecular weight is 281 g/mol. The zero-order valence-electron chi connectivity index (χ0n) is 12.1. The molecule has 2 atom stereocenters. The van der Waals surface area contributed by atoms with E-state index in [0.717, 1.165) is 12.0 Å². The molecule has 1 saturated heterocycles. The molecule has 1 aliphatic rings. The maximum atomic E-state index is 12.1. The fourth-order valence-electron chi connectivity index (χ4n) is 2.88. The Kier molecular flexibility index (Phi) is 3.91. The monoisotopic (exact) mass is 281 g/mol. The smallest absolute Gasteiger partial charge is 0.410 e. The van der Waals surface area contributed by atoms with Gasteiger partial charge in [0.25, 0.3) is 0 Å². The fraction of sp³-hybridized carbons (Fsp3) is 0.278. The molecule has 1 aliphatic heterocycles. The summed E-state index contributed by atoms with van der Waals surface area (Å²) in [4.78, 5) is 14.0. The van der Waals surface area contributed by atoms with Crippen molar-refractivity contribution >= 4 is 6.09 Å². The third kappa shape index (κ3) is 2.92. The lowest BCUT2D eigenvalue weighted by atomic mass is 10.0. The summed E-state index contributed by atoms with van der Waals surface area (Å²) >= 11 is 0. The van der Waals surface area contributed by atoms with E-state index < -0.39 is 0 Å².